The number of nitrogens with two attached hydrogens (primary N) is 1. The summed E-state index contributed by atoms with van der Waals surface area (Å²) in [4.78, 5) is 40.9. The van der Waals surface area contributed by atoms with Crippen LogP contribution in [0.25, 0.3) is 0 Å². The van der Waals surface area contributed by atoms with Crippen molar-refractivity contribution in [2.45, 2.75) is 20.4 Å². The average molecular weight is 404 g/mol. The number of aromatic nitrogens is 2. The Labute approximate surface area is 158 Å². The Morgan fingerprint density at radius 2 is 1.89 bits per heavy atom. The summed E-state index contributed by atoms with van der Waals surface area (Å²) in [6.07, 6.45) is -0.267. The summed E-state index contributed by atoms with van der Waals surface area (Å²) < 4.78 is 12.5. The number of anilines is 3. The summed E-state index contributed by atoms with van der Waals surface area (Å²) in [6.45, 7) is 6.71. The lowest BCUT2D eigenvalue weighted by atomic mass is 10.4. The fourth-order valence-electron chi connectivity index (χ4n) is 3.14. The standard InChI is InChI=1S/C15H29N6O5P/c1-3-19-11-20(6-5-18(7-9-22)8-10-27(24,25)26)13-12(19)14(23)21(4-2)15(16)17-13/h22H,3-11H2,1-2H3,(H2,16,17)(H2,24,25,26). The molecule has 27 heavy (non-hydrogen) atoms. The normalized spacial score (nSPS) is 14.3. The van der Waals surface area contributed by atoms with Gasteiger partial charge in [0, 0.05) is 39.3 Å². The van der Waals surface area contributed by atoms with Gasteiger partial charge in [-0.1, -0.05) is 0 Å². The smallest absolute Gasteiger partial charge is 0.326 e. The van der Waals surface area contributed by atoms with Crippen LogP contribution in [0.2, 0.25) is 0 Å². The average Bonchev–Trinajstić information content (AvgIpc) is 2.95. The molecule has 0 saturated carbocycles. The maximum atomic E-state index is 12.7. The predicted molar refractivity (Wildman–Crippen MR) is 104 cm³/mol. The molecule has 1 aliphatic heterocycles. The zero-order valence-electron chi connectivity index (χ0n) is 15.8. The maximum absolute atomic E-state index is 12.7. The second kappa shape index (κ2) is 9.03. The van der Waals surface area contributed by atoms with E-state index in [-0.39, 0.29) is 30.8 Å². The van der Waals surface area contributed by atoms with Crippen molar-refractivity contribution in [2.75, 3.05) is 67.7 Å². The van der Waals surface area contributed by atoms with Gasteiger partial charge in [0.2, 0.25) is 5.95 Å². The topological polar surface area (TPSA) is 148 Å². The first-order valence-corrected chi connectivity index (χ1v) is 10.8. The molecule has 0 aromatic carbocycles. The fraction of sp³-hybridized carbons (Fsp3) is 0.733. The van der Waals surface area contributed by atoms with E-state index in [4.69, 9.17) is 15.5 Å². The molecule has 12 heteroatoms. The van der Waals surface area contributed by atoms with Gasteiger partial charge in [-0.15, -0.1) is 0 Å². The zero-order chi connectivity index (χ0) is 20.2. The van der Waals surface area contributed by atoms with Crippen LogP contribution < -0.4 is 21.1 Å². The minimum absolute atomic E-state index is 0.106. The van der Waals surface area contributed by atoms with Crippen LogP contribution in [0.5, 0.6) is 0 Å². The fourth-order valence-corrected chi connectivity index (χ4v) is 3.68. The first kappa shape index (κ1) is 21.6. The van der Waals surface area contributed by atoms with Crippen molar-refractivity contribution in [1.29, 1.82) is 0 Å². The minimum atomic E-state index is -4.10. The van der Waals surface area contributed by atoms with E-state index in [0.29, 0.717) is 50.9 Å². The number of fused-ring (bicyclic) bond motifs is 1. The lowest BCUT2D eigenvalue weighted by molar-refractivity contribution is 0.203. The van der Waals surface area contributed by atoms with Crippen molar-refractivity contribution in [3.05, 3.63) is 10.4 Å². The van der Waals surface area contributed by atoms with Gasteiger partial charge in [-0.25, -0.2) is 0 Å². The molecule has 0 unspecified atom stereocenters. The summed E-state index contributed by atoms with van der Waals surface area (Å²) in [5, 5.41) is 9.20. The Hall–Kier alpha value is -1.65. The molecule has 0 spiro atoms. The molecule has 1 aromatic heterocycles. The number of aliphatic hydroxyl groups excluding tert-OH is 1. The van der Waals surface area contributed by atoms with Crippen molar-refractivity contribution in [3.63, 3.8) is 0 Å². The molecule has 0 fully saturated rings. The minimum Gasteiger partial charge on any atom is -0.395 e. The summed E-state index contributed by atoms with van der Waals surface area (Å²) >= 11 is 0. The van der Waals surface area contributed by atoms with E-state index < -0.39 is 7.60 Å². The van der Waals surface area contributed by atoms with Crippen molar-refractivity contribution in [1.82, 2.24) is 14.5 Å². The van der Waals surface area contributed by atoms with Crippen molar-refractivity contribution in [3.8, 4) is 0 Å². The van der Waals surface area contributed by atoms with Gasteiger partial charge in [-0.05, 0) is 13.8 Å². The van der Waals surface area contributed by atoms with Gasteiger partial charge in [-0.3, -0.25) is 18.8 Å². The van der Waals surface area contributed by atoms with Crippen LogP contribution in [0, 0.1) is 0 Å². The summed E-state index contributed by atoms with van der Waals surface area (Å²) in [7, 11) is -4.10. The third-order valence-corrected chi connectivity index (χ3v) is 5.40. The van der Waals surface area contributed by atoms with E-state index in [0.717, 1.165) is 0 Å². The largest absolute Gasteiger partial charge is 0.395 e. The van der Waals surface area contributed by atoms with E-state index in [1.807, 2.05) is 23.6 Å². The number of nitrogens with zero attached hydrogens (tertiary/aromatic N) is 5. The van der Waals surface area contributed by atoms with E-state index >= 15 is 0 Å². The van der Waals surface area contributed by atoms with Gasteiger partial charge in [0.25, 0.3) is 5.56 Å². The van der Waals surface area contributed by atoms with Crippen LogP contribution in [-0.4, -0.2) is 81.5 Å². The summed E-state index contributed by atoms with van der Waals surface area (Å²) in [6, 6.07) is 0. The van der Waals surface area contributed by atoms with Gasteiger partial charge in [-0.2, -0.15) is 4.98 Å². The molecule has 11 nitrogen and oxygen atoms in total. The van der Waals surface area contributed by atoms with Crippen molar-refractivity contribution < 1.29 is 19.5 Å². The lowest BCUT2D eigenvalue weighted by Gasteiger charge is -2.26. The van der Waals surface area contributed by atoms with Crippen LogP contribution in [0.1, 0.15) is 13.8 Å². The number of aliphatic hydroxyl groups is 1. The number of rotatable bonds is 10. The summed E-state index contributed by atoms with van der Waals surface area (Å²) in [5.41, 5.74) is 6.29. The first-order valence-electron chi connectivity index (χ1n) is 8.99. The first-order chi connectivity index (χ1) is 12.7. The molecule has 2 heterocycles. The molecule has 1 aliphatic rings. The van der Waals surface area contributed by atoms with Crippen LogP contribution in [0.3, 0.4) is 0 Å². The third-order valence-electron chi connectivity index (χ3n) is 4.62. The summed E-state index contributed by atoms with van der Waals surface area (Å²) in [5.74, 6) is 0.695. The van der Waals surface area contributed by atoms with E-state index in [1.54, 1.807) is 4.90 Å². The molecule has 0 radical (unpaired) electrons. The molecule has 0 amide bonds. The van der Waals surface area contributed by atoms with Gasteiger partial charge < -0.3 is 30.4 Å². The zero-order valence-corrected chi connectivity index (χ0v) is 16.7. The Morgan fingerprint density at radius 1 is 1.19 bits per heavy atom. The molecule has 154 valence electrons. The molecule has 0 saturated heterocycles. The molecule has 0 bridgehead atoms. The van der Waals surface area contributed by atoms with E-state index in [2.05, 4.69) is 4.98 Å². The maximum Gasteiger partial charge on any atom is 0.326 e. The number of nitrogen functional groups attached to an aromatic ring is 1. The predicted octanol–water partition coefficient (Wildman–Crippen LogP) is -1.08. The van der Waals surface area contributed by atoms with Gasteiger partial charge in [0.15, 0.2) is 5.82 Å². The van der Waals surface area contributed by atoms with Crippen LogP contribution in [-0.2, 0) is 11.1 Å². The quantitative estimate of drug-likeness (QED) is 0.355. The molecular weight excluding hydrogens is 375 g/mol. The Balaban J connectivity index is 2.16. The van der Waals surface area contributed by atoms with Crippen molar-refractivity contribution in [2.24, 2.45) is 0 Å². The monoisotopic (exact) mass is 404 g/mol. The molecule has 0 atom stereocenters. The van der Waals surface area contributed by atoms with Crippen LogP contribution >= 0.6 is 7.60 Å². The Bertz CT molecular complexity index is 751. The highest BCUT2D eigenvalue weighted by atomic mass is 31.2. The molecule has 1 aromatic rings. The lowest BCUT2D eigenvalue weighted by Crippen LogP contribution is -2.39. The highest BCUT2D eigenvalue weighted by Crippen LogP contribution is 2.34. The van der Waals surface area contributed by atoms with Gasteiger partial charge in [0.1, 0.15) is 5.69 Å². The highest BCUT2D eigenvalue weighted by molar-refractivity contribution is 7.51. The molecule has 2 rings (SSSR count). The van der Waals surface area contributed by atoms with Crippen LogP contribution in [0.4, 0.5) is 17.5 Å². The SMILES string of the molecule is CCN1CN(CCN(CCO)CCP(=O)(O)O)c2nc(N)n(CC)c(=O)c21. The highest BCUT2D eigenvalue weighted by Gasteiger charge is 2.31. The van der Waals surface area contributed by atoms with E-state index in [1.165, 1.54) is 4.57 Å². The third kappa shape index (κ3) is 5.20. The van der Waals surface area contributed by atoms with Gasteiger partial charge in [0.05, 0.1) is 19.4 Å². The second-order valence-corrected chi connectivity index (χ2v) is 8.18. The van der Waals surface area contributed by atoms with E-state index in [9.17, 15) is 14.5 Å². The molecule has 5 N–H and O–H groups in total. The van der Waals surface area contributed by atoms with Crippen molar-refractivity contribution >= 4 is 25.0 Å². The van der Waals surface area contributed by atoms with Crippen LogP contribution in [0.15, 0.2) is 4.79 Å². The Kier molecular flexibility index (Phi) is 7.24. The second-order valence-electron chi connectivity index (χ2n) is 6.41. The molecular formula is C15H29N6O5P. The Morgan fingerprint density at radius 3 is 2.44 bits per heavy atom. The molecule has 0 aliphatic carbocycles. The van der Waals surface area contributed by atoms with Gasteiger partial charge >= 0.3 is 7.60 Å². The number of hydrogen-bond acceptors (Lipinski definition) is 8. The number of hydrogen-bond donors (Lipinski definition) is 4.